The van der Waals surface area contributed by atoms with Crippen LogP contribution in [0.15, 0.2) is 17.0 Å². The summed E-state index contributed by atoms with van der Waals surface area (Å²) in [6.07, 6.45) is 0.810. The summed E-state index contributed by atoms with van der Waals surface area (Å²) in [5.74, 6) is -0.310. The topological polar surface area (TPSA) is 86.5 Å². The molecule has 0 unspecified atom stereocenters. The maximum atomic E-state index is 12.3. The maximum Gasteiger partial charge on any atom is 0.422 e. The van der Waals surface area contributed by atoms with E-state index in [0.717, 1.165) is 47.9 Å². The van der Waals surface area contributed by atoms with Gasteiger partial charge in [0.05, 0.1) is 16.4 Å². The zero-order chi connectivity index (χ0) is 20.1. The van der Waals surface area contributed by atoms with Crippen LogP contribution >= 0.6 is 23.1 Å². The Hall–Kier alpha value is -2.19. The molecule has 11 heteroatoms. The molecule has 1 aliphatic carbocycles. The number of carbonyl (C=O) groups excluding carboxylic acids is 1. The molecular weight excluding hydrogens is 413 g/mol. The van der Waals surface area contributed by atoms with Crippen molar-refractivity contribution in [2.45, 2.75) is 31.9 Å². The van der Waals surface area contributed by atoms with Gasteiger partial charge < -0.3 is 15.4 Å². The van der Waals surface area contributed by atoms with Gasteiger partial charge in [0.15, 0.2) is 12.5 Å². The van der Waals surface area contributed by atoms with Crippen molar-refractivity contribution < 1.29 is 22.7 Å². The summed E-state index contributed by atoms with van der Waals surface area (Å²) in [6.45, 7) is -1.33. The Morgan fingerprint density at radius 1 is 1.43 bits per heavy atom. The molecule has 28 heavy (non-hydrogen) atoms. The number of rotatable bonds is 5. The van der Waals surface area contributed by atoms with Gasteiger partial charge in [-0.15, -0.1) is 11.3 Å². The molecule has 0 atom stereocenters. The number of nitrogens with one attached hydrogen (secondary N) is 2. The van der Waals surface area contributed by atoms with E-state index in [1.807, 2.05) is 0 Å². The van der Waals surface area contributed by atoms with E-state index in [-0.39, 0.29) is 24.2 Å². The fraction of sp³-hybridized carbons (Fsp3) is 0.471. The normalized spacial score (nSPS) is 16.2. The van der Waals surface area contributed by atoms with Gasteiger partial charge in [-0.1, -0.05) is 11.8 Å². The van der Waals surface area contributed by atoms with E-state index in [0.29, 0.717) is 15.6 Å². The predicted molar refractivity (Wildman–Crippen MR) is 102 cm³/mol. The van der Waals surface area contributed by atoms with Crippen molar-refractivity contribution in [2.75, 3.05) is 24.3 Å². The average molecular weight is 430 g/mol. The van der Waals surface area contributed by atoms with E-state index in [1.54, 1.807) is 0 Å². The van der Waals surface area contributed by atoms with Crippen molar-refractivity contribution >= 4 is 39.1 Å². The van der Waals surface area contributed by atoms with Gasteiger partial charge in [-0.3, -0.25) is 9.79 Å². The van der Waals surface area contributed by atoms with E-state index in [4.69, 9.17) is 0 Å². The fourth-order valence-corrected chi connectivity index (χ4v) is 4.77. The highest BCUT2D eigenvalue weighted by Gasteiger charge is 2.29. The zero-order valence-electron chi connectivity index (χ0n) is 14.7. The number of aliphatic imine (C=N–C) groups is 1. The highest BCUT2D eigenvalue weighted by molar-refractivity contribution is 8.14. The summed E-state index contributed by atoms with van der Waals surface area (Å²) in [5.41, 5.74) is 1.58. The molecule has 0 fully saturated rings. The Bertz CT molecular complexity index is 856. The maximum absolute atomic E-state index is 12.3. The number of anilines is 1. The van der Waals surface area contributed by atoms with E-state index >= 15 is 0 Å². The number of carbonyl (C=O) groups is 1. The van der Waals surface area contributed by atoms with Crippen LogP contribution in [0.4, 0.5) is 18.2 Å². The molecule has 2 heterocycles. The van der Waals surface area contributed by atoms with Gasteiger partial charge in [0.25, 0.3) is 0 Å². The number of aryl methyl sites for hydroxylation is 1. The Morgan fingerprint density at radius 2 is 2.21 bits per heavy atom. The van der Waals surface area contributed by atoms with Crippen molar-refractivity contribution in [2.24, 2.45) is 4.99 Å². The van der Waals surface area contributed by atoms with Crippen LogP contribution in [0.2, 0.25) is 0 Å². The van der Waals surface area contributed by atoms with Crippen molar-refractivity contribution in [1.29, 1.82) is 5.26 Å². The van der Waals surface area contributed by atoms with Gasteiger partial charge in [-0.2, -0.15) is 18.4 Å². The SMILES string of the molecule is N#Cc1c(NC(=O)CSC2=NCNC(OCC(F)(F)F)=C2)sc2c1CCCC2. The lowest BCUT2D eigenvalue weighted by Crippen LogP contribution is -2.26. The first kappa shape index (κ1) is 20.5. The van der Waals surface area contributed by atoms with E-state index < -0.39 is 12.8 Å². The second-order valence-corrected chi connectivity index (χ2v) is 8.21. The van der Waals surface area contributed by atoms with Crippen LogP contribution in [-0.2, 0) is 22.4 Å². The Labute approximate surface area is 167 Å². The van der Waals surface area contributed by atoms with E-state index in [1.165, 1.54) is 17.4 Å². The summed E-state index contributed by atoms with van der Waals surface area (Å²) in [5, 5.41) is 15.8. The van der Waals surface area contributed by atoms with Gasteiger partial charge >= 0.3 is 6.18 Å². The molecule has 2 aliphatic rings. The molecule has 150 valence electrons. The molecule has 1 aromatic heterocycles. The second kappa shape index (κ2) is 8.87. The largest absolute Gasteiger partial charge is 0.469 e. The highest BCUT2D eigenvalue weighted by atomic mass is 32.2. The number of thiophene rings is 1. The first-order chi connectivity index (χ1) is 13.4. The zero-order valence-corrected chi connectivity index (χ0v) is 16.3. The number of hydrogen-bond donors (Lipinski definition) is 2. The molecule has 1 aromatic rings. The third-order valence-electron chi connectivity index (χ3n) is 4.02. The molecule has 3 rings (SSSR count). The second-order valence-electron chi connectivity index (χ2n) is 6.11. The molecule has 0 aromatic carbocycles. The van der Waals surface area contributed by atoms with Gasteiger partial charge in [0.2, 0.25) is 5.91 Å². The number of thioether (sulfide) groups is 1. The number of nitrogens with zero attached hydrogens (tertiary/aromatic N) is 2. The van der Waals surface area contributed by atoms with Crippen LogP contribution in [0.1, 0.15) is 28.8 Å². The highest BCUT2D eigenvalue weighted by Crippen LogP contribution is 2.37. The van der Waals surface area contributed by atoms with Crippen molar-refractivity contribution in [3.63, 3.8) is 0 Å². The molecule has 0 saturated carbocycles. The van der Waals surface area contributed by atoms with Gasteiger partial charge in [0.1, 0.15) is 17.7 Å². The number of nitriles is 1. The van der Waals surface area contributed by atoms with Crippen molar-refractivity contribution in [3.8, 4) is 6.07 Å². The lowest BCUT2D eigenvalue weighted by atomic mass is 9.96. The molecular formula is C17H17F3N4O2S2. The molecule has 0 bridgehead atoms. The minimum absolute atomic E-state index is 0.0231. The number of ether oxygens (including phenoxy) is 1. The number of fused-ring (bicyclic) bond motifs is 1. The first-order valence-corrected chi connectivity index (χ1v) is 10.3. The third-order valence-corrected chi connectivity index (χ3v) is 6.18. The van der Waals surface area contributed by atoms with Crippen molar-refractivity contribution in [1.82, 2.24) is 5.32 Å². The summed E-state index contributed by atoms with van der Waals surface area (Å²) in [7, 11) is 0. The average Bonchev–Trinajstić information content (AvgIpc) is 3.01. The van der Waals surface area contributed by atoms with Gasteiger partial charge in [-0.05, 0) is 31.2 Å². The Balaban J connectivity index is 1.55. The quantitative estimate of drug-likeness (QED) is 0.746. The fourth-order valence-electron chi connectivity index (χ4n) is 2.82. The number of halogens is 3. The lowest BCUT2D eigenvalue weighted by Gasteiger charge is -2.17. The molecule has 0 spiro atoms. The first-order valence-electron chi connectivity index (χ1n) is 8.52. The summed E-state index contributed by atoms with van der Waals surface area (Å²) >= 11 is 2.54. The van der Waals surface area contributed by atoms with Crippen LogP contribution in [0.5, 0.6) is 0 Å². The summed E-state index contributed by atoms with van der Waals surface area (Å²) < 4.78 is 41.3. The van der Waals surface area contributed by atoms with Crippen LogP contribution in [0.3, 0.4) is 0 Å². The van der Waals surface area contributed by atoms with Crippen LogP contribution in [0, 0.1) is 11.3 Å². The number of alkyl halides is 3. The molecule has 0 saturated heterocycles. The molecule has 1 aliphatic heterocycles. The Morgan fingerprint density at radius 3 is 2.96 bits per heavy atom. The third kappa shape index (κ3) is 5.42. The molecule has 1 amide bonds. The minimum Gasteiger partial charge on any atom is -0.469 e. The molecule has 0 radical (unpaired) electrons. The van der Waals surface area contributed by atoms with E-state index in [2.05, 4.69) is 26.4 Å². The number of hydrogen-bond acceptors (Lipinski definition) is 7. The number of amides is 1. The predicted octanol–water partition coefficient (Wildman–Crippen LogP) is 3.55. The van der Waals surface area contributed by atoms with Crippen molar-refractivity contribution in [3.05, 3.63) is 28.0 Å². The lowest BCUT2D eigenvalue weighted by molar-refractivity contribution is -0.166. The standard InChI is InChI=1S/C17H17F3N4O2S2/c18-17(19,20)8-26-14-5-15(23-9-22-14)27-7-13(25)24-16-11(6-21)10-3-1-2-4-12(10)28-16/h5,22H,1-4,7-9H2,(H,24,25). The van der Waals surface area contributed by atoms with E-state index in [9.17, 15) is 23.2 Å². The van der Waals surface area contributed by atoms with Crippen LogP contribution < -0.4 is 10.6 Å². The van der Waals surface area contributed by atoms with Gasteiger partial charge in [0, 0.05) is 11.0 Å². The van der Waals surface area contributed by atoms with Gasteiger partial charge in [-0.25, -0.2) is 0 Å². The smallest absolute Gasteiger partial charge is 0.422 e. The molecule has 6 nitrogen and oxygen atoms in total. The van der Waals surface area contributed by atoms with Crippen LogP contribution in [0.25, 0.3) is 0 Å². The minimum atomic E-state index is -4.43. The molecule has 2 N–H and O–H groups in total. The Kier molecular flexibility index (Phi) is 6.51. The summed E-state index contributed by atoms with van der Waals surface area (Å²) in [6, 6.07) is 2.19. The van der Waals surface area contributed by atoms with Crippen LogP contribution in [-0.4, -0.2) is 36.2 Å². The monoisotopic (exact) mass is 430 g/mol. The summed E-state index contributed by atoms with van der Waals surface area (Å²) in [4.78, 5) is 17.5.